The van der Waals surface area contributed by atoms with Crippen LogP contribution in [0.5, 0.6) is 0 Å². The minimum absolute atomic E-state index is 0.0434. The number of pyridine rings is 1. The molecule has 5 nitrogen and oxygen atoms in total. The van der Waals surface area contributed by atoms with Crippen LogP contribution in [0.2, 0.25) is 0 Å². The Balaban J connectivity index is 1.67. The molecule has 1 aliphatic carbocycles. The molecule has 27 heavy (non-hydrogen) atoms. The number of fused-ring (bicyclic) bond motifs is 2. The van der Waals surface area contributed by atoms with E-state index in [1.54, 1.807) is 24.3 Å². The summed E-state index contributed by atoms with van der Waals surface area (Å²) in [4.78, 5) is 30.4. The quantitative estimate of drug-likeness (QED) is 0.514. The number of aromatic nitrogens is 1. The van der Waals surface area contributed by atoms with E-state index in [4.69, 9.17) is 10.7 Å². The Kier molecular flexibility index (Phi) is 4.66. The predicted molar refractivity (Wildman–Crippen MR) is 110 cm³/mol. The first-order valence-corrected chi connectivity index (χ1v) is 9.97. The average molecular weight is 379 g/mol. The van der Waals surface area contributed by atoms with E-state index in [0.717, 1.165) is 35.2 Å². The molecule has 2 heterocycles. The van der Waals surface area contributed by atoms with Crippen LogP contribution in [-0.2, 0) is 12.8 Å². The van der Waals surface area contributed by atoms with Gasteiger partial charge in [-0.2, -0.15) is 0 Å². The van der Waals surface area contributed by atoms with Gasteiger partial charge in [-0.25, -0.2) is 4.98 Å². The number of hydrogen-bond donors (Lipinski definition) is 2. The summed E-state index contributed by atoms with van der Waals surface area (Å²) in [5, 5.41) is 3.71. The van der Waals surface area contributed by atoms with E-state index in [-0.39, 0.29) is 11.7 Å². The Morgan fingerprint density at radius 1 is 1.15 bits per heavy atom. The van der Waals surface area contributed by atoms with Crippen LogP contribution < -0.4 is 11.1 Å². The second-order valence-electron chi connectivity index (χ2n) is 6.94. The van der Waals surface area contributed by atoms with Gasteiger partial charge in [0.05, 0.1) is 5.69 Å². The summed E-state index contributed by atoms with van der Waals surface area (Å²) in [5.41, 5.74) is 10.3. The Hall–Kier alpha value is -2.73. The molecule has 0 saturated carbocycles. The minimum atomic E-state index is -0.272. The Labute approximate surface area is 161 Å². The summed E-state index contributed by atoms with van der Waals surface area (Å²) in [7, 11) is 0. The monoisotopic (exact) mass is 379 g/mol. The van der Waals surface area contributed by atoms with Crippen molar-refractivity contribution in [2.45, 2.75) is 39.0 Å². The zero-order valence-electron chi connectivity index (χ0n) is 15.2. The highest BCUT2D eigenvalue weighted by molar-refractivity contribution is 7.21. The van der Waals surface area contributed by atoms with E-state index in [0.29, 0.717) is 21.8 Å². The lowest BCUT2D eigenvalue weighted by atomic mass is 10.1. The highest BCUT2D eigenvalue weighted by Crippen LogP contribution is 2.35. The third-order valence-corrected chi connectivity index (χ3v) is 6.10. The van der Waals surface area contributed by atoms with Gasteiger partial charge in [0.15, 0.2) is 5.78 Å². The number of nitrogens with one attached hydrogen (secondary N) is 1. The molecule has 0 atom stereocenters. The number of nitrogens with zero attached hydrogens (tertiary/aromatic N) is 1. The van der Waals surface area contributed by atoms with Gasteiger partial charge in [-0.3, -0.25) is 9.59 Å². The van der Waals surface area contributed by atoms with Crippen LogP contribution in [0.4, 0.5) is 11.4 Å². The number of hydrogen-bond acceptors (Lipinski definition) is 5. The van der Waals surface area contributed by atoms with Gasteiger partial charge >= 0.3 is 0 Å². The number of nitrogen functional groups attached to an aromatic ring is 1. The van der Waals surface area contributed by atoms with Crippen molar-refractivity contribution in [1.29, 1.82) is 0 Å². The van der Waals surface area contributed by atoms with Crippen molar-refractivity contribution in [3.8, 4) is 0 Å². The Morgan fingerprint density at radius 3 is 2.78 bits per heavy atom. The maximum atomic E-state index is 12.8. The van der Waals surface area contributed by atoms with Gasteiger partial charge in [0.1, 0.15) is 9.71 Å². The molecule has 0 bridgehead atoms. The molecule has 3 N–H and O–H groups in total. The average Bonchev–Trinajstić information content (AvgIpc) is 2.82. The highest BCUT2D eigenvalue weighted by Gasteiger charge is 2.20. The van der Waals surface area contributed by atoms with Crippen molar-refractivity contribution in [3.63, 3.8) is 0 Å². The van der Waals surface area contributed by atoms with Crippen molar-refractivity contribution in [2.24, 2.45) is 0 Å². The number of amides is 1. The molecule has 4 rings (SSSR count). The third-order valence-electron chi connectivity index (χ3n) is 4.98. The first kappa shape index (κ1) is 17.7. The number of anilines is 2. The van der Waals surface area contributed by atoms with Gasteiger partial charge in [-0.15, -0.1) is 11.3 Å². The molecule has 0 unspecified atom stereocenters. The molecule has 0 saturated heterocycles. The normalized spacial score (nSPS) is 13.8. The zero-order chi connectivity index (χ0) is 19.0. The number of carbonyl (C=O) groups excluding carboxylic acids is 2. The van der Waals surface area contributed by atoms with Crippen LogP contribution in [0.15, 0.2) is 30.3 Å². The number of carbonyl (C=O) groups is 2. The molecular formula is C21H21N3O2S. The molecule has 3 aromatic rings. The predicted octanol–water partition coefficient (Wildman–Crippen LogP) is 4.60. The summed E-state index contributed by atoms with van der Waals surface area (Å²) >= 11 is 1.33. The van der Waals surface area contributed by atoms with Gasteiger partial charge in [0.25, 0.3) is 5.91 Å². The van der Waals surface area contributed by atoms with E-state index in [1.165, 1.54) is 36.7 Å². The van der Waals surface area contributed by atoms with Crippen molar-refractivity contribution in [1.82, 2.24) is 4.98 Å². The van der Waals surface area contributed by atoms with Crippen LogP contribution >= 0.6 is 11.3 Å². The fourth-order valence-electron chi connectivity index (χ4n) is 3.51. The van der Waals surface area contributed by atoms with Crippen molar-refractivity contribution < 1.29 is 9.59 Å². The van der Waals surface area contributed by atoms with Gasteiger partial charge in [0, 0.05) is 22.3 Å². The first-order valence-electron chi connectivity index (χ1n) is 9.16. The lowest BCUT2D eigenvalue weighted by Crippen LogP contribution is -2.12. The molecular weight excluding hydrogens is 358 g/mol. The van der Waals surface area contributed by atoms with Gasteiger partial charge in [-0.1, -0.05) is 18.6 Å². The number of aryl methyl sites for hydroxylation is 2. The van der Waals surface area contributed by atoms with Crippen molar-refractivity contribution >= 4 is 44.6 Å². The van der Waals surface area contributed by atoms with E-state index < -0.39 is 0 Å². The highest BCUT2D eigenvalue weighted by atomic mass is 32.1. The number of Topliss-reactive ketones (excluding diaryl/α,β-unsaturated/α-hetero) is 1. The molecule has 0 fully saturated rings. The Morgan fingerprint density at radius 2 is 1.96 bits per heavy atom. The fourth-order valence-corrected chi connectivity index (χ4v) is 4.50. The van der Waals surface area contributed by atoms with Gasteiger partial charge in [-0.05, 0) is 56.4 Å². The summed E-state index contributed by atoms with van der Waals surface area (Å²) in [6.07, 6.45) is 5.57. The van der Waals surface area contributed by atoms with E-state index >= 15 is 0 Å². The minimum Gasteiger partial charge on any atom is -0.397 e. The summed E-state index contributed by atoms with van der Waals surface area (Å²) in [6, 6.07) is 9.02. The summed E-state index contributed by atoms with van der Waals surface area (Å²) in [6.45, 7) is 1.50. The van der Waals surface area contributed by atoms with Crippen LogP contribution in [-0.4, -0.2) is 16.7 Å². The van der Waals surface area contributed by atoms with Crippen LogP contribution in [0.3, 0.4) is 0 Å². The standard InChI is InChI=1S/C21H21N3O2S/c1-12(25)13-7-5-8-15(10-13)23-20(26)19-18(22)16-11-14-6-3-2-4-9-17(14)24-21(16)27-19/h5,7-8,10-11H,2-4,6,9,22H2,1H3,(H,23,26). The van der Waals surface area contributed by atoms with Gasteiger partial charge < -0.3 is 11.1 Å². The number of ketones is 1. The van der Waals surface area contributed by atoms with Crippen LogP contribution in [0, 0.1) is 0 Å². The topological polar surface area (TPSA) is 85.1 Å². The second-order valence-corrected chi connectivity index (χ2v) is 7.94. The maximum absolute atomic E-state index is 12.8. The number of benzene rings is 1. The summed E-state index contributed by atoms with van der Waals surface area (Å²) in [5.74, 6) is -0.315. The number of thiophene rings is 1. The maximum Gasteiger partial charge on any atom is 0.267 e. The lowest BCUT2D eigenvalue weighted by molar-refractivity contribution is 0.101. The van der Waals surface area contributed by atoms with E-state index in [9.17, 15) is 9.59 Å². The number of rotatable bonds is 3. The third kappa shape index (κ3) is 3.45. The Bertz CT molecular complexity index is 1060. The second kappa shape index (κ2) is 7.12. The van der Waals surface area contributed by atoms with Crippen molar-refractivity contribution in [3.05, 3.63) is 52.0 Å². The largest absolute Gasteiger partial charge is 0.397 e. The van der Waals surface area contributed by atoms with E-state index in [1.807, 2.05) is 0 Å². The lowest BCUT2D eigenvalue weighted by Gasteiger charge is -2.06. The summed E-state index contributed by atoms with van der Waals surface area (Å²) < 4.78 is 0. The molecule has 6 heteroatoms. The fraction of sp³-hybridized carbons (Fsp3) is 0.286. The molecule has 2 aromatic heterocycles. The zero-order valence-corrected chi connectivity index (χ0v) is 16.0. The first-order chi connectivity index (χ1) is 13.0. The van der Waals surface area contributed by atoms with Gasteiger partial charge in [0.2, 0.25) is 0 Å². The van der Waals surface area contributed by atoms with Crippen LogP contribution in [0.1, 0.15) is 57.5 Å². The van der Waals surface area contributed by atoms with Crippen molar-refractivity contribution in [2.75, 3.05) is 11.1 Å². The molecule has 138 valence electrons. The SMILES string of the molecule is CC(=O)c1cccc(NC(=O)c2sc3nc4c(cc3c2N)CCCCC4)c1. The molecule has 0 aliphatic heterocycles. The van der Waals surface area contributed by atoms with Crippen LogP contribution in [0.25, 0.3) is 10.2 Å². The molecule has 1 amide bonds. The smallest absolute Gasteiger partial charge is 0.267 e. The number of nitrogens with two attached hydrogens (primary N) is 1. The molecule has 1 aliphatic rings. The van der Waals surface area contributed by atoms with E-state index in [2.05, 4.69) is 11.4 Å². The molecule has 0 radical (unpaired) electrons. The molecule has 1 aromatic carbocycles. The molecule has 0 spiro atoms.